The Morgan fingerprint density at radius 3 is 1.93 bits per heavy atom. The quantitative estimate of drug-likeness (QED) is 0.335. The minimum absolute atomic E-state index is 0.00754. The number of rotatable bonds is 3. The molecule has 0 fully saturated rings. The lowest BCUT2D eigenvalue weighted by molar-refractivity contribution is 0.0977. The minimum atomic E-state index is -4.74. The first-order chi connectivity index (χ1) is 13.7. The lowest BCUT2D eigenvalue weighted by atomic mass is 9.83. The van der Waals surface area contributed by atoms with E-state index in [1.165, 1.54) is 12.1 Å². The molecular weight excluding hydrogens is 412 g/mol. The first kappa shape index (κ1) is 19.2. The van der Waals surface area contributed by atoms with Gasteiger partial charge in [0, 0.05) is 32.2 Å². The molecule has 0 bridgehead atoms. The number of nitrogens with two attached hydrogens (primary N) is 2. The van der Waals surface area contributed by atoms with Crippen molar-refractivity contribution in [1.29, 1.82) is 0 Å². The number of fused-ring (bicyclic) bond motifs is 2. The fourth-order valence-electron chi connectivity index (χ4n) is 3.25. The van der Waals surface area contributed by atoms with E-state index >= 15 is 0 Å². The highest BCUT2D eigenvalue weighted by Crippen LogP contribution is 2.43. The van der Waals surface area contributed by atoms with Gasteiger partial charge in [0.05, 0.1) is 11.3 Å². The zero-order chi connectivity index (χ0) is 20.9. The maximum absolute atomic E-state index is 13.2. The second-order valence-electron chi connectivity index (χ2n) is 6.36. The fourth-order valence-corrected chi connectivity index (χ4v) is 5.01. The molecule has 5 N–H and O–H groups in total. The summed E-state index contributed by atoms with van der Waals surface area (Å²) in [6, 6.07) is 14.1. The number of benzene rings is 3. The summed E-state index contributed by atoms with van der Waals surface area (Å²) < 4.78 is 33.4. The van der Waals surface area contributed by atoms with E-state index in [-0.39, 0.29) is 27.1 Å². The molecule has 0 atom stereocenters. The summed E-state index contributed by atoms with van der Waals surface area (Å²) in [5, 5.41) is 0. The summed E-state index contributed by atoms with van der Waals surface area (Å²) in [5.41, 5.74) is 12.0. The van der Waals surface area contributed by atoms with E-state index < -0.39 is 32.3 Å². The molecule has 0 amide bonds. The van der Waals surface area contributed by atoms with Crippen LogP contribution in [0.15, 0.2) is 69.3 Å². The summed E-state index contributed by atoms with van der Waals surface area (Å²) >= 11 is 1.02. The van der Waals surface area contributed by atoms with Crippen LogP contribution in [0.25, 0.3) is 0 Å². The first-order valence-corrected chi connectivity index (χ1v) is 10.6. The van der Waals surface area contributed by atoms with Crippen LogP contribution in [0.1, 0.15) is 31.8 Å². The van der Waals surface area contributed by atoms with Crippen LogP contribution < -0.4 is 11.5 Å². The van der Waals surface area contributed by atoms with E-state index in [0.717, 1.165) is 17.8 Å². The van der Waals surface area contributed by atoms with E-state index in [0.29, 0.717) is 10.6 Å². The van der Waals surface area contributed by atoms with Gasteiger partial charge in [-0.1, -0.05) is 48.2 Å². The monoisotopic (exact) mass is 426 g/mol. The van der Waals surface area contributed by atoms with Crippen LogP contribution in [0, 0.1) is 0 Å². The Morgan fingerprint density at radius 2 is 1.34 bits per heavy atom. The second kappa shape index (κ2) is 6.73. The molecule has 3 aromatic carbocycles. The van der Waals surface area contributed by atoms with Gasteiger partial charge in [0.1, 0.15) is 4.90 Å². The number of carbonyl (C=O) groups excluding carboxylic acids is 2. The van der Waals surface area contributed by atoms with Crippen LogP contribution in [-0.4, -0.2) is 24.5 Å². The Balaban J connectivity index is 2.05. The van der Waals surface area contributed by atoms with Crippen molar-refractivity contribution in [2.24, 2.45) is 0 Å². The number of ketones is 2. The average molecular weight is 426 g/mol. The van der Waals surface area contributed by atoms with E-state index in [9.17, 15) is 22.6 Å². The maximum atomic E-state index is 13.2. The molecule has 1 aliphatic rings. The summed E-state index contributed by atoms with van der Waals surface area (Å²) in [4.78, 5) is 26.4. The van der Waals surface area contributed by atoms with Crippen LogP contribution >= 0.6 is 11.8 Å². The third-order valence-corrected chi connectivity index (χ3v) is 6.61. The SMILES string of the molecule is Nc1ccccc1Sc1cc(S(=O)(=O)O)c(N)c2c1C(=O)c1ccccc1C2=O. The van der Waals surface area contributed by atoms with Crippen molar-refractivity contribution in [2.45, 2.75) is 14.7 Å². The van der Waals surface area contributed by atoms with Crippen molar-refractivity contribution in [3.05, 3.63) is 76.9 Å². The number of carbonyl (C=O) groups is 2. The fraction of sp³-hybridized carbons (Fsp3) is 0. The van der Waals surface area contributed by atoms with Crippen LogP contribution in [0.3, 0.4) is 0 Å². The second-order valence-corrected chi connectivity index (χ2v) is 8.83. The van der Waals surface area contributed by atoms with Gasteiger partial charge in [-0.3, -0.25) is 14.1 Å². The number of anilines is 2. The highest BCUT2D eigenvalue weighted by Gasteiger charge is 2.36. The van der Waals surface area contributed by atoms with Gasteiger partial charge >= 0.3 is 0 Å². The van der Waals surface area contributed by atoms with E-state index in [1.54, 1.807) is 36.4 Å². The van der Waals surface area contributed by atoms with Gasteiger partial charge in [-0.15, -0.1) is 0 Å². The van der Waals surface area contributed by atoms with Crippen molar-refractivity contribution in [3.8, 4) is 0 Å². The molecule has 0 unspecified atom stereocenters. The van der Waals surface area contributed by atoms with Crippen LogP contribution in [0.2, 0.25) is 0 Å². The standard InChI is InChI=1S/C20H14N2O5S2/c21-12-7-3-4-8-13(12)28-14-9-15(29(25,26)27)18(22)17-16(14)19(23)10-5-1-2-6-11(10)20(17)24/h1-9H,21-22H2,(H,25,26,27). The Hall–Kier alpha value is -3.14. The molecule has 0 heterocycles. The molecule has 1 aliphatic carbocycles. The lowest BCUT2D eigenvalue weighted by Crippen LogP contribution is -2.24. The predicted molar refractivity (Wildman–Crippen MR) is 109 cm³/mol. The summed E-state index contributed by atoms with van der Waals surface area (Å²) in [5.74, 6) is -1.04. The Bertz CT molecular complexity index is 1320. The normalized spacial score (nSPS) is 13.1. The predicted octanol–water partition coefficient (Wildman–Crippen LogP) is 3.02. The van der Waals surface area contributed by atoms with Crippen LogP contribution in [0.5, 0.6) is 0 Å². The maximum Gasteiger partial charge on any atom is 0.296 e. The largest absolute Gasteiger partial charge is 0.398 e. The number of hydrogen-bond donors (Lipinski definition) is 3. The van der Waals surface area contributed by atoms with Gasteiger partial charge < -0.3 is 11.5 Å². The molecule has 3 aromatic rings. The molecule has 29 heavy (non-hydrogen) atoms. The van der Waals surface area contributed by atoms with E-state index in [1.807, 2.05) is 0 Å². The number of hydrogen-bond acceptors (Lipinski definition) is 7. The topological polar surface area (TPSA) is 141 Å². The number of para-hydroxylation sites is 1. The third kappa shape index (κ3) is 3.09. The molecule has 0 aromatic heterocycles. The van der Waals surface area contributed by atoms with Crippen molar-refractivity contribution < 1.29 is 22.6 Å². The van der Waals surface area contributed by atoms with Crippen LogP contribution in [0.4, 0.5) is 11.4 Å². The minimum Gasteiger partial charge on any atom is -0.398 e. The molecule has 0 spiro atoms. The van der Waals surface area contributed by atoms with E-state index in [4.69, 9.17) is 11.5 Å². The van der Waals surface area contributed by atoms with Crippen molar-refractivity contribution >= 4 is 44.8 Å². The molecule has 9 heteroatoms. The molecule has 0 saturated heterocycles. The van der Waals surface area contributed by atoms with Gasteiger partial charge in [-0.2, -0.15) is 8.42 Å². The summed E-state index contributed by atoms with van der Waals surface area (Å²) in [7, 11) is -4.74. The first-order valence-electron chi connectivity index (χ1n) is 8.35. The Labute approximate surface area is 170 Å². The average Bonchev–Trinajstić information content (AvgIpc) is 2.68. The Morgan fingerprint density at radius 1 is 0.793 bits per heavy atom. The molecular formula is C20H14N2O5S2. The summed E-state index contributed by atoms with van der Waals surface area (Å²) in [6.07, 6.45) is 0. The lowest BCUT2D eigenvalue weighted by Gasteiger charge is -2.23. The van der Waals surface area contributed by atoms with Crippen LogP contribution in [-0.2, 0) is 10.1 Å². The van der Waals surface area contributed by atoms with E-state index in [2.05, 4.69) is 0 Å². The highest BCUT2D eigenvalue weighted by atomic mass is 32.2. The van der Waals surface area contributed by atoms with Gasteiger partial charge in [0.25, 0.3) is 10.1 Å². The zero-order valence-corrected chi connectivity index (χ0v) is 16.4. The molecule has 4 rings (SSSR count). The van der Waals surface area contributed by atoms with Crippen molar-refractivity contribution in [1.82, 2.24) is 0 Å². The molecule has 146 valence electrons. The Kier molecular flexibility index (Phi) is 4.45. The smallest absolute Gasteiger partial charge is 0.296 e. The summed E-state index contributed by atoms with van der Waals surface area (Å²) in [6.45, 7) is 0. The number of nitrogen functional groups attached to an aromatic ring is 2. The molecule has 7 nitrogen and oxygen atoms in total. The van der Waals surface area contributed by atoms with Gasteiger partial charge in [0.15, 0.2) is 11.6 Å². The zero-order valence-electron chi connectivity index (χ0n) is 14.7. The molecule has 0 saturated carbocycles. The molecule has 0 aliphatic heterocycles. The highest BCUT2D eigenvalue weighted by molar-refractivity contribution is 7.99. The van der Waals surface area contributed by atoms with Gasteiger partial charge in [-0.25, -0.2) is 0 Å². The van der Waals surface area contributed by atoms with Gasteiger partial charge in [-0.05, 0) is 18.2 Å². The molecule has 0 radical (unpaired) electrons. The third-order valence-electron chi connectivity index (χ3n) is 4.58. The van der Waals surface area contributed by atoms with Crippen molar-refractivity contribution in [3.63, 3.8) is 0 Å². The van der Waals surface area contributed by atoms with Crippen molar-refractivity contribution in [2.75, 3.05) is 11.5 Å². The van der Waals surface area contributed by atoms with Gasteiger partial charge in [0.2, 0.25) is 0 Å².